The summed E-state index contributed by atoms with van der Waals surface area (Å²) in [5.74, 6) is -2.15. The smallest absolute Gasteiger partial charge is 0.308 e. The molecular weight excluding hydrogens is 384 g/mol. The van der Waals surface area contributed by atoms with E-state index in [9.17, 15) is 19.2 Å². The highest BCUT2D eigenvalue weighted by atomic mass is 35.5. The fourth-order valence-corrected chi connectivity index (χ4v) is 3.49. The molecule has 0 bridgehead atoms. The Morgan fingerprint density at radius 3 is 2.29 bits per heavy atom. The van der Waals surface area contributed by atoms with E-state index in [1.54, 1.807) is 24.3 Å². The van der Waals surface area contributed by atoms with Gasteiger partial charge in [-0.2, -0.15) is 0 Å². The summed E-state index contributed by atoms with van der Waals surface area (Å²) in [6, 6.07) is 7.00. The Morgan fingerprint density at radius 2 is 1.68 bits per heavy atom. The van der Waals surface area contributed by atoms with E-state index in [1.807, 2.05) is 12.2 Å². The van der Waals surface area contributed by atoms with Gasteiger partial charge in [-0.3, -0.25) is 24.1 Å². The molecule has 1 heterocycles. The number of carbonyl (C=O) groups is 4. The van der Waals surface area contributed by atoms with Crippen molar-refractivity contribution in [2.75, 3.05) is 13.2 Å². The van der Waals surface area contributed by atoms with Gasteiger partial charge in [-0.15, -0.1) is 0 Å². The van der Waals surface area contributed by atoms with Crippen LogP contribution in [0.5, 0.6) is 0 Å². The molecule has 2 aliphatic rings. The van der Waals surface area contributed by atoms with Crippen molar-refractivity contribution in [3.63, 3.8) is 0 Å². The van der Waals surface area contributed by atoms with E-state index in [1.165, 1.54) is 0 Å². The first-order valence-corrected chi connectivity index (χ1v) is 9.50. The first kappa shape index (κ1) is 20.1. The number of hydrogen-bond donors (Lipinski definition) is 1. The lowest BCUT2D eigenvalue weighted by Crippen LogP contribution is -2.34. The van der Waals surface area contributed by atoms with Crippen molar-refractivity contribution in [2.45, 2.75) is 25.8 Å². The summed E-state index contributed by atoms with van der Waals surface area (Å²) in [4.78, 5) is 49.4. The lowest BCUT2D eigenvalue weighted by atomic mass is 9.85. The van der Waals surface area contributed by atoms with Crippen LogP contribution < -0.4 is 5.32 Å². The third kappa shape index (κ3) is 4.78. The zero-order valence-corrected chi connectivity index (χ0v) is 16.0. The van der Waals surface area contributed by atoms with Crippen LogP contribution in [0.15, 0.2) is 36.4 Å². The summed E-state index contributed by atoms with van der Waals surface area (Å²) in [6.45, 7) is -0.138. The first-order valence-electron chi connectivity index (χ1n) is 9.12. The van der Waals surface area contributed by atoms with Crippen LogP contribution in [0.4, 0.5) is 0 Å². The summed E-state index contributed by atoms with van der Waals surface area (Å²) < 4.78 is 4.93. The Hall–Kier alpha value is -2.67. The minimum atomic E-state index is -0.629. The van der Waals surface area contributed by atoms with Crippen molar-refractivity contribution in [3.8, 4) is 0 Å². The predicted molar refractivity (Wildman–Crippen MR) is 101 cm³/mol. The number of hydrogen-bond acceptors (Lipinski definition) is 5. The number of nitrogens with one attached hydrogen (secondary N) is 1. The zero-order valence-electron chi connectivity index (χ0n) is 15.2. The molecule has 3 rings (SSSR count). The molecule has 1 aromatic carbocycles. The number of imide groups is 1. The van der Waals surface area contributed by atoms with Crippen molar-refractivity contribution in [1.29, 1.82) is 0 Å². The van der Waals surface area contributed by atoms with E-state index in [0.717, 1.165) is 10.5 Å². The van der Waals surface area contributed by atoms with Gasteiger partial charge in [0.25, 0.3) is 5.91 Å². The fraction of sp³-hybridized carbons (Fsp3) is 0.400. The lowest BCUT2D eigenvalue weighted by molar-refractivity contribution is -0.150. The number of likely N-dealkylation sites (tertiary alicyclic amines) is 1. The molecule has 1 N–H and O–H groups in total. The van der Waals surface area contributed by atoms with Gasteiger partial charge in [0.2, 0.25) is 11.8 Å². The van der Waals surface area contributed by atoms with E-state index in [0.29, 0.717) is 24.4 Å². The molecule has 28 heavy (non-hydrogen) atoms. The molecule has 1 fully saturated rings. The van der Waals surface area contributed by atoms with Crippen molar-refractivity contribution in [1.82, 2.24) is 10.2 Å². The summed E-state index contributed by atoms with van der Waals surface area (Å²) in [5.41, 5.74) is 0.867. The number of halogens is 1. The van der Waals surface area contributed by atoms with Gasteiger partial charge >= 0.3 is 5.97 Å². The van der Waals surface area contributed by atoms with Gasteiger partial charge in [-0.25, -0.2) is 0 Å². The van der Waals surface area contributed by atoms with Gasteiger partial charge in [0.05, 0.1) is 18.3 Å². The van der Waals surface area contributed by atoms with Gasteiger partial charge in [-0.05, 0) is 30.5 Å². The molecule has 3 amide bonds. The molecule has 0 radical (unpaired) electrons. The van der Waals surface area contributed by atoms with E-state index in [4.69, 9.17) is 16.3 Å². The Bertz CT molecular complexity index is 779. The molecule has 1 saturated heterocycles. The summed E-state index contributed by atoms with van der Waals surface area (Å²) >= 11 is 5.80. The number of fused-ring (bicyclic) bond motifs is 1. The summed E-state index contributed by atoms with van der Waals surface area (Å²) in [7, 11) is 0. The standard InChI is InChI=1S/C20H21ClN2O5/c21-14-7-5-13(6-8-14)11-22-17(24)12-28-18(25)9-10-23-19(26)15-3-1-2-4-16(15)20(23)27/h1-2,5-8,15-16H,3-4,9-12H2,(H,22,24)/t15-,16-/m0/s1. The van der Waals surface area contributed by atoms with Gasteiger partial charge in [0.15, 0.2) is 6.61 Å². The lowest BCUT2D eigenvalue weighted by Gasteiger charge is -2.14. The molecule has 1 aliphatic carbocycles. The molecule has 1 aromatic rings. The highest BCUT2D eigenvalue weighted by molar-refractivity contribution is 6.30. The maximum Gasteiger partial charge on any atom is 0.308 e. The van der Waals surface area contributed by atoms with Crippen molar-refractivity contribution >= 4 is 35.3 Å². The SMILES string of the molecule is O=C(COC(=O)CCN1C(=O)[C@H]2CC=CC[C@@H]2C1=O)NCc1ccc(Cl)cc1. The molecule has 1 aliphatic heterocycles. The van der Waals surface area contributed by atoms with Gasteiger partial charge in [0.1, 0.15) is 0 Å². The quantitative estimate of drug-likeness (QED) is 0.425. The third-order valence-electron chi connectivity index (χ3n) is 4.91. The maximum atomic E-state index is 12.3. The van der Waals surface area contributed by atoms with Crippen LogP contribution in [0.2, 0.25) is 5.02 Å². The van der Waals surface area contributed by atoms with Gasteiger partial charge in [0, 0.05) is 18.1 Å². The van der Waals surface area contributed by atoms with Gasteiger partial charge < -0.3 is 10.1 Å². The molecule has 0 saturated carbocycles. The fourth-order valence-electron chi connectivity index (χ4n) is 3.36. The molecule has 0 unspecified atom stereocenters. The van der Waals surface area contributed by atoms with Crippen LogP contribution in [0.25, 0.3) is 0 Å². The second kappa shape index (κ2) is 9.01. The van der Waals surface area contributed by atoms with E-state index >= 15 is 0 Å². The van der Waals surface area contributed by atoms with Crippen LogP contribution in [-0.2, 0) is 30.5 Å². The van der Waals surface area contributed by atoms with Crippen LogP contribution in [0.1, 0.15) is 24.8 Å². The second-order valence-electron chi connectivity index (χ2n) is 6.80. The van der Waals surface area contributed by atoms with Crippen LogP contribution in [-0.4, -0.2) is 41.7 Å². The Labute approximate surface area is 167 Å². The van der Waals surface area contributed by atoms with Crippen molar-refractivity contribution < 1.29 is 23.9 Å². The average molecular weight is 405 g/mol. The number of ether oxygens (including phenoxy) is 1. The molecule has 8 heteroatoms. The number of carbonyl (C=O) groups excluding carboxylic acids is 4. The third-order valence-corrected chi connectivity index (χ3v) is 5.16. The number of allylic oxidation sites excluding steroid dienone is 2. The normalized spacial score (nSPS) is 20.8. The molecule has 0 spiro atoms. The Morgan fingerprint density at radius 1 is 1.07 bits per heavy atom. The minimum Gasteiger partial charge on any atom is -0.456 e. The first-order chi connectivity index (χ1) is 13.5. The van der Waals surface area contributed by atoms with Crippen LogP contribution in [0.3, 0.4) is 0 Å². The molecule has 7 nitrogen and oxygen atoms in total. The monoisotopic (exact) mass is 404 g/mol. The molecule has 148 valence electrons. The van der Waals surface area contributed by atoms with Gasteiger partial charge in [-0.1, -0.05) is 35.9 Å². The summed E-state index contributed by atoms with van der Waals surface area (Å²) in [5, 5.41) is 3.24. The topological polar surface area (TPSA) is 92.8 Å². The number of benzene rings is 1. The largest absolute Gasteiger partial charge is 0.456 e. The second-order valence-corrected chi connectivity index (χ2v) is 7.23. The number of rotatable bonds is 7. The minimum absolute atomic E-state index is 0.0180. The average Bonchev–Trinajstić information content (AvgIpc) is 2.95. The van der Waals surface area contributed by atoms with Crippen LogP contribution >= 0.6 is 11.6 Å². The maximum absolute atomic E-state index is 12.3. The highest BCUT2D eigenvalue weighted by Gasteiger charge is 2.46. The van der Waals surface area contributed by atoms with Crippen molar-refractivity contribution in [3.05, 3.63) is 47.0 Å². The number of nitrogens with zero attached hydrogens (tertiary/aromatic N) is 1. The van der Waals surface area contributed by atoms with E-state index < -0.39 is 18.5 Å². The van der Waals surface area contributed by atoms with Crippen LogP contribution in [0, 0.1) is 11.8 Å². The Balaban J connectivity index is 1.37. The molecule has 0 aromatic heterocycles. The number of esters is 1. The van der Waals surface area contributed by atoms with E-state index in [2.05, 4.69) is 5.32 Å². The molecular formula is C20H21ClN2O5. The predicted octanol–water partition coefficient (Wildman–Crippen LogP) is 1.84. The summed E-state index contributed by atoms with van der Waals surface area (Å²) in [6.07, 6.45) is 4.81. The Kier molecular flexibility index (Phi) is 6.46. The van der Waals surface area contributed by atoms with E-state index in [-0.39, 0.29) is 36.6 Å². The number of amides is 3. The molecule has 2 atom stereocenters. The van der Waals surface area contributed by atoms with Crippen molar-refractivity contribution in [2.24, 2.45) is 11.8 Å². The zero-order chi connectivity index (χ0) is 20.1. The highest BCUT2D eigenvalue weighted by Crippen LogP contribution is 2.34.